The highest BCUT2D eigenvalue weighted by Crippen LogP contribution is 2.37. The Morgan fingerprint density at radius 3 is 2.71 bits per heavy atom. The third-order valence-electron chi connectivity index (χ3n) is 4.99. The monoisotopic (exact) mass is 455 g/mol. The van der Waals surface area contributed by atoms with Gasteiger partial charge >= 0.3 is 0 Å². The molecule has 0 N–H and O–H groups in total. The predicted octanol–water partition coefficient (Wildman–Crippen LogP) is 3.86. The normalized spacial score (nSPS) is 14.5. The molecule has 1 saturated heterocycles. The highest BCUT2D eigenvalue weighted by molar-refractivity contribution is 8.01. The van der Waals surface area contributed by atoms with Gasteiger partial charge in [-0.05, 0) is 30.7 Å². The van der Waals surface area contributed by atoms with E-state index in [2.05, 4.69) is 14.9 Å². The second kappa shape index (κ2) is 9.54. The zero-order valence-electron chi connectivity index (χ0n) is 16.9. The summed E-state index contributed by atoms with van der Waals surface area (Å²) in [5.41, 5.74) is 2.29. The van der Waals surface area contributed by atoms with Crippen molar-refractivity contribution in [1.29, 1.82) is 0 Å². The molecule has 1 fully saturated rings. The Morgan fingerprint density at radius 1 is 1.26 bits per heavy atom. The summed E-state index contributed by atoms with van der Waals surface area (Å²) < 4.78 is 0.740. The molecule has 0 bridgehead atoms. The van der Waals surface area contributed by atoms with Crippen LogP contribution in [0.5, 0.6) is 0 Å². The maximum atomic E-state index is 13.0. The minimum absolute atomic E-state index is 0.0704. The lowest BCUT2D eigenvalue weighted by molar-refractivity contribution is -0.387. The number of piperazine rings is 1. The molecule has 3 heterocycles. The van der Waals surface area contributed by atoms with Crippen LogP contribution in [-0.2, 0) is 6.54 Å². The summed E-state index contributed by atoms with van der Waals surface area (Å²) in [6.07, 6.45) is 3.60. The molecular weight excluding hydrogens is 434 g/mol. The fraction of sp³-hybridized carbons (Fsp3) is 0.286. The molecule has 3 aromatic rings. The standard InChI is InChI=1S/C21H21N5O3S2/c1-15-14-30-21(23-15)31-19-5-4-17(11-18(19)26(28)29)20(27)25-9-7-24(8-10-25)13-16-3-2-6-22-12-16/h2-6,11-12,14H,7-10,13H2,1H3. The minimum atomic E-state index is -0.439. The highest BCUT2D eigenvalue weighted by atomic mass is 32.2. The molecule has 4 rings (SSSR count). The number of rotatable bonds is 6. The number of hydrogen-bond acceptors (Lipinski definition) is 8. The number of aryl methyl sites for hydroxylation is 1. The molecule has 0 aliphatic carbocycles. The molecule has 1 aromatic carbocycles. The van der Waals surface area contributed by atoms with Gasteiger partial charge in [-0.1, -0.05) is 17.8 Å². The van der Waals surface area contributed by atoms with Gasteiger partial charge in [0.05, 0.1) is 9.82 Å². The molecule has 1 amide bonds. The molecule has 1 aliphatic heterocycles. The van der Waals surface area contributed by atoms with Crippen LogP contribution >= 0.6 is 23.1 Å². The Hall–Kier alpha value is -2.82. The van der Waals surface area contributed by atoms with Crippen molar-refractivity contribution in [1.82, 2.24) is 19.8 Å². The van der Waals surface area contributed by atoms with Gasteiger partial charge in [0.1, 0.15) is 0 Å². The molecular formula is C21H21N5O3S2. The first kappa shape index (κ1) is 21.4. The number of benzene rings is 1. The fourth-order valence-corrected chi connectivity index (χ4v) is 5.27. The number of aromatic nitrogens is 2. The van der Waals surface area contributed by atoms with Crippen LogP contribution in [0.1, 0.15) is 21.6 Å². The molecule has 160 valence electrons. The van der Waals surface area contributed by atoms with Gasteiger partial charge in [0.2, 0.25) is 0 Å². The van der Waals surface area contributed by atoms with Gasteiger partial charge in [-0.15, -0.1) is 11.3 Å². The molecule has 0 atom stereocenters. The van der Waals surface area contributed by atoms with E-state index in [0.717, 1.165) is 35.2 Å². The van der Waals surface area contributed by atoms with E-state index in [-0.39, 0.29) is 11.6 Å². The van der Waals surface area contributed by atoms with E-state index >= 15 is 0 Å². The second-order valence-corrected chi connectivity index (χ2v) is 9.37. The van der Waals surface area contributed by atoms with Crippen molar-refractivity contribution in [3.05, 3.63) is 75.0 Å². The minimum Gasteiger partial charge on any atom is -0.336 e. The number of amides is 1. The topological polar surface area (TPSA) is 92.5 Å². The molecule has 31 heavy (non-hydrogen) atoms. The van der Waals surface area contributed by atoms with Crippen molar-refractivity contribution >= 4 is 34.7 Å². The van der Waals surface area contributed by atoms with Crippen LogP contribution in [0.15, 0.2) is 57.3 Å². The average molecular weight is 456 g/mol. The first-order chi connectivity index (χ1) is 15.0. The predicted molar refractivity (Wildman–Crippen MR) is 119 cm³/mol. The van der Waals surface area contributed by atoms with Crippen LogP contribution in [0.25, 0.3) is 0 Å². The van der Waals surface area contributed by atoms with Crippen molar-refractivity contribution in [2.24, 2.45) is 0 Å². The van der Waals surface area contributed by atoms with E-state index in [1.165, 1.54) is 29.2 Å². The largest absolute Gasteiger partial charge is 0.336 e. The Balaban J connectivity index is 1.42. The lowest BCUT2D eigenvalue weighted by Gasteiger charge is -2.34. The molecule has 0 radical (unpaired) electrons. The summed E-state index contributed by atoms with van der Waals surface area (Å²) in [4.78, 5) is 37.2. The van der Waals surface area contributed by atoms with Crippen LogP contribution in [-0.4, -0.2) is 56.8 Å². The van der Waals surface area contributed by atoms with E-state index in [0.29, 0.717) is 23.5 Å². The highest BCUT2D eigenvalue weighted by Gasteiger charge is 2.25. The Bertz CT molecular complexity index is 1080. The molecule has 2 aromatic heterocycles. The van der Waals surface area contributed by atoms with Crippen LogP contribution in [0.4, 0.5) is 5.69 Å². The van der Waals surface area contributed by atoms with E-state index in [4.69, 9.17) is 0 Å². The molecule has 8 nitrogen and oxygen atoms in total. The van der Waals surface area contributed by atoms with Crippen molar-refractivity contribution in [3.63, 3.8) is 0 Å². The smallest absolute Gasteiger partial charge is 0.284 e. The number of nitro groups is 1. The lowest BCUT2D eigenvalue weighted by atomic mass is 10.1. The van der Waals surface area contributed by atoms with Crippen molar-refractivity contribution < 1.29 is 9.72 Å². The maximum absolute atomic E-state index is 13.0. The summed E-state index contributed by atoms with van der Waals surface area (Å²) >= 11 is 2.69. The zero-order valence-corrected chi connectivity index (χ0v) is 18.6. The van der Waals surface area contributed by atoms with Crippen LogP contribution in [0.2, 0.25) is 0 Å². The van der Waals surface area contributed by atoms with Gasteiger partial charge in [0.15, 0.2) is 4.34 Å². The first-order valence-electron chi connectivity index (χ1n) is 9.78. The summed E-state index contributed by atoms with van der Waals surface area (Å²) in [5, 5.41) is 13.5. The Kier molecular flexibility index (Phi) is 6.59. The van der Waals surface area contributed by atoms with Gasteiger partial charge in [-0.25, -0.2) is 4.98 Å². The van der Waals surface area contributed by atoms with Gasteiger partial charge in [0.25, 0.3) is 11.6 Å². The molecule has 0 saturated carbocycles. The fourth-order valence-electron chi connectivity index (χ4n) is 3.39. The number of thiazole rings is 1. The lowest BCUT2D eigenvalue weighted by Crippen LogP contribution is -2.48. The van der Waals surface area contributed by atoms with Gasteiger partial charge in [0, 0.05) is 67.8 Å². The van der Waals surface area contributed by atoms with Gasteiger partial charge in [-0.2, -0.15) is 0 Å². The summed E-state index contributed by atoms with van der Waals surface area (Å²) in [5.74, 6) is -0.175. The number of nitro benzene ring substituents is 1. The van der Waals surface area contributed by atoms with Crippen molar-refractivity contribution in [2.45, 2.75) is 22.7 Å². The Morgan fingerprint density at radius 2 is 2.06 bits per heavy atom. The maximum Gasteiger partial charge on any atom is 0.284 e. The van der Waals surface area contributed by atoms with E-state index in [1.807, 2.05) is 30.6 Å². The Labute approximate surface area is 188 Å². The zero-order chi connectivity index (χ0) is 21.8. The summed E-state index contributed by atoms with van der Waals surface area (Å²) in [7, 11) is 0. The molecule has 10 heteroatoms. The second-order valence-electron chi connectivity index (χ2n) is 7.23. The van der Waals surface area contributed by atoms with E-state index in [1.54, 1.807) is 23.2 Å². The summed E-state index contributed by atoms with van der Waals surface area (Å²) in [6.45, 7) is 5.35. The first-order valence-corrected chi connectivity index (χ1v) is 11.5. The third-order valence-corrected chi connectivity index (χ3v) is 7.11. The van der Waals surface area contributed by atoms with Crippen LogP contribution < -0.4 is 0 Å². The molecule has 1 aliphatic rings. The number of carbonyl (C=O) groups is 1. The summed E-state index contributed by atoms with van der Waals surface area (Å²) in [6, 6.07) is 8.65. The van der Waals surface area contributed by atoms with Crippen LogP contribution in [0, 0.1) is 17.0 Å². The number of nitrogens with zero attached hydrogens (tertiary/aromatic N) is 5. The van der Waals surface area contributed by atoms with E-state index in [9.17, 15) is 14.9 Å². The number of carbonyl (C=O) groups excluding carboxylic acids is 1. The number of pyridine rings is 1. The quantitative estimate of drug-likeness (QED) is 0.412. The molecule has 0 spiro atoms. The van der Waals surface area contributed by atoms with Crippen LogP contribution in [0.3, 0.4) is 0 Å². The van der Waals surface area contributed by atoms with Crippen molar-refractivity contribution in [3.8, 4) is 0 Å². The average Bonchev–Trinajstić information content (AvgIpc) is 3.19. The van der Waals surface area contributed by atoms with E-state index < -0.39 is 4.92 Å². The third kappa shape index (κ3) is 5.27. The van der Waals surface area contributed by atoms with Gasteiger partial charge < -0.3 is 4.90 Å². The van der Waals surface area contributed by atoms with Gasteiger partial charge in [-0.3, -0.25) is 24.8 Å². The van der Waals surface area contributed by atoms with Crippen molar-refractivity contribution in [2.75, 3.05) is 26.2 Å². The molecule has 0 unspecified atom stereocenters. The SMILES string of the molecule is Cc1csc(Sc2ccc(C(=O)N3CCN(Cc4cccnc4)CC3)cc2[N+](=O)[O-])n1. The number of hydrogen-bond donors (Lipinski definition) is 0.